The molecule has 0 bridgehead atoms. The molecule has 1 saturated heterocycles. The number of aryl methyl sites for hydroxylation is 2. The van der Waals surface area contributed by atoms with E-state index in [1.165, 1.54) is 42.1 Å². The minimum absolute atomic E-state index is 0.110. The third-order valence-corrected chi connectivity index (χ3v) is 8.95. The zero-order valence-corrected chi connectivity index (χ0v) is 23.3. The Balaban J connectivity index is 1.44. The topological polar surface area (TPSA) is 101 Å². The molecule has 0 saturated carbocycles. The minimum atomic E-state index is -1.11. The molecule has 8 nitrogen and oxygen atoms in total. The number of aliphatic hydroxyl groups is 1. The van der Waals surface area contributed by atoms with Gasteiger partial charge in [-0.05, 0) is 54.8 Å². The Hall–Kier alpha value is -4.42. The van der Waals surface area contributed by atoms with Gasteiger partial charge in [0, 0.05) is 11.9 Å². The highest BCUT2D eigenvalue weighted by atomic mass is 32.2. The lowest BCUT2D eigenvalue weighted by Crippen LogP contribution is -2.29. The van der Waals surface area contributed by atoms with Crippen molar-refractivity contribution in [2.75, 3.05) is 4.90 Å². The highest BCUT2D eigenvalue weighted by Crippen LogP contribution is 2.44. The van der Waals surface area contributed by atoms with Crippen molar-refractivity contribution in [2.45, 2.75) is 30.0 Å². The normalized spacial score (nSPS) is 16.7. The molecule has 4 heterocycles. The van der Waals surface area contributed by atoms with E-state index in [-0.39, 0.29) is 28.0 Å². The second-order valence-electron chi connectivity index (χ2n) is 9.38. The second kappa shape index (κ2) is 10.5. The molecule has 12 heteroatoms. The van der Waals surface area contributed by atoms with E-state index in [4.69, 9.17) is 0 Å². The molecule has 41 heavy (non-hydrogen) atoms. The number of anilines is 1. The summed E-state index contributed by atoms with van der Waals surface area (Å²) >= 11 is 2.29. The summed E-state index contributed by atoms with van der Waals surface area (Å²) in [5.41, 5.74) is 2.87. The molecule has 206 valence electrons. The first-order valence-corrected chi connectivity index (χ1v) is 14.3. The number of Topliss-reactive ketones (excluding diaryl/α,β-unsaturated/α-hetero) is 1. The van der Waals surface area contributed by atoms with Crippen molar-refractivity contribution < 1.29 is 23.5 Å². The van der Waals surface area contributed by atoms with Crippen LogP contribution in [-0.4, -0.2) is 36.4 Å². The van der Waals surface area contributed by atoms with E-state index >= 15 is 0 Å². The summed E-state index contributed by atoms with van der Waals surface area (Å²) in [6, 6.07) is 14.3. The lowest BCUT2D eigenvalue weighted by molar-refractivity contribution is -0.132. The van der Waals surface area contributed by atoms with Gasteiger partial charge in [0.15, 0.2) is 10.1 Å². The molecule has 1 fully saturated rings. The van der Waals surface area contributed by atoms with E-state index in [2.05, 4.69) is 15.2 Å². The van der Waals surface area contributed by atoms with Gasteiger partial charge in [0.25, 0.3) is 5.78 Å². The number of carbonyl (C=O) groups is 2. The lowest BCUT2D eigenvalue weighted by atomic mass is 9.96. The maximum Gasteiger partial charge on any atom is 0.301 e. The Bertz CT molecular complexity index is 1870. The van der Waals surface area contributed by atoms with Gasteiger partial charge in [-0.3, -0.25) is 14.5 Å². The van der Waals surface area contributed by atoms with Crippen molar-refractivity contribution in [1.29, 1.82) is 0 Å². The second-order valence-corrected chi connectivity index (χ2v) is 11.6. The first-order valence-electron chi connectivity index (χ1n) is 12.5. The van der Waals surface area contributed by atoms with Crippen LogP contribution in [0.1, 0.15) is 34.1 Å². The van der Waals surface area contributed by atoms with E-state index in [1.807, 2.05) is 19.1 Å². The van der Waals surface area contributed by atoms with Crippen LogP contribution in [0.4, 0.5) is 13.9 Å². The van der Waals surface area contributed by atoms with Crippen molar-refractivity contribution in [1.82, 2.24) is 19.6 Å². The molecular formula is C29H21F2N5O3S2. The van der Waals surface area contributed by atoms with E-state index < -0.39 is 29.3 Å². The summed E-state index contributed by atoms with van der Waals surface area (Å²) in [7, 11) is 0. The smallest absolute Gasteiger partial charge is 0.301 e. The summed E-state index contributed by atoms with van der Waals surface area (Å²) in [4.78, 5) is 32.7. The van der Waals surface area contributed by atoms with Crippen LogP contribution < -0.4 is 4.90 Å². The van der Waals surface area contributed by atoms with Gasteiger partial charge >= 0.3 is 5.91 Å². The van der Waals surface area contributed by atoms with E-state index in [9.17, 15) is 23.5 Å². The van der Waals surface area contributed by atoms with Crippen molar-refractivity contribution in [2.24, 2.45) is 0 Å². The van der Waals surface area contributed by atoms with Crippen LogP contribution in [0.2, 0.25) is 0 Å². The number of hydrogen-bond donors (Lipinski definition) is 1. The van der Waals surface area contributed by atoms with Crippen molar-refractivity contribution in [3.05, 3.63) is 112 Å². The summed E-state index contributed by atoms with van der Waals surface area (Å²) in [5.74, 6) is -2.85. The predicted octanol–water partition coefficient (Wildman–Crippen LogP) is 6.00. The van der Waals surface area contributed by atoms with Gasteiger partial charge < -0.3 is 9.51 Å². The number of aliphatic hydroxyl groups excluding tert-OH is 1. The minimum Gasteiger partial charge on any atom is -0.505 e. The Morgan fingerprint density at radius 3 is 2.51 bits per heavy atom. The standard InChI is InChI=1S/C29H21F2N5O3S2/c1-15-6-5-13-35-16(2)22(32-26(15)35)24(37)21-23(17-9-11-19(30)12-10-17)36(27(39)25(21)38)28-33-34-29(41-28)40-14-18-7-3-4-8-20(18)31/h3-13,23,37H,14H2,1-2H3/b24-21+. The summed E-state index contributed by atoms with van der Waals surface area (Å²) in [5, 5.41) is 19.9. The van der Waals surface area contributed by atoms with E-state index in [1.54, 1.807) is 35.7 Å². The fourth-order valence-corrected chi connectivity index (χ4v) is 6.63. The summed E-state index contributed by atoms with van der Waals surface area (Å²) in [6.45, 7) is 3.63. The van der Waals surface area contributed by atoms with Crippen LogP contribution in [0.5, 0.6) is 0 Å². The van der Waals surface area contributed by atoms with Crippen LogP contribution in [0.3, 0.4) is 0 Å². The quantitative estimate of drug-likeness (QED) is 0.0853. The van der Waals surface area contributed by atoms with Crippen LogP contribution in [0.25, 0.3) is 11.4 Å². The average Bonchev–Trinajstić information content (AvgIpc) is 3.64. The third kappa shape index (κ3) is 4.68. The van der Waals surface area contributed by atoms with Crippen LogP contribution in [-0.2, 0) is 15.3 Å². The Morgan fingerprint density at radius 1 is 1.02 bits per heavy atom. The Kier molecular flexibility index (Phi) is 6.88. The maximum absolute atomic E-state index is 14.1. The van der Waals surface area contributed by atoms with Crippen molar-refractivity contribution in [3.8, 4) is 0 Å². The molecule has 1 amide bonds. The third-order valence-electron chi connectivity index (χ3n) is 6.85. The zero-order valence-electron chi connectivity index (χ0n) is 21.7. The summed E-state index contributed by atoms with van der Waals surface area (Å²) in [6.07, 6.45) is 1.79. The van der Waals surface area contributed by atoms with Gasteiger partial charge in [0.05, 0.1) is 17.3 Å². The molecule has 1 aliphatic rings. The number of rotatable bonds is 6. The number of halogens is 2. The average molecular weight is 590 g/mol. The molecule has 0 radical (unpaired) electrons. The largest absolute Gasteiger partial charge is 0.505 e. The molecule has 5 aromatic rings. The first-order chi connectivity index (χ1) is 19.7. The molecule has 1 atom stereocenters. The molecule has 2 aromatic carbocycles. The van der Waals surface area contributed by atoms with Gasteiger partial charge in [0.2, 0.25) is 5.13 Å². The molecule has 0 aliphatic carbocycles. The number of nitrogens with zero attached hydrogens (tertiary/aromatic N) is 5. The number of fused-ring (bicyclic) bond motifs is 1. The molecular weight excluding hydrogens is 568 g/mol. The first kappa shape index (κ1) is 26.8. The van der Waals surface area contributed by atoms with Gasteiger partial charge in [-0.15, -0.1) is 10.2 Å². The zero-order chi connectivity index (χ0) is 28.8. The number of carbonyl (C=O) groups excluding carboxylic acids is 2. The van der Waals surface area contributed by atoms with Gasteiger partial charge in [-0.25, -0.2) is 13.8 Å². The molecule has 1 unspecified atom stereocenters. The van der Waals surface area contributed by atoms with Crippen LogP contribution in [0, 0.1) is 25.5 Å². The number of aromatic nitrogens is 4. The Morgan fingerprint density at radius 2 is 1.78 bits per heavy atom. The number of benzene rings is 2. The monoisotopic (exact) mass is 589 g/mol. The fraction of sp³-hybridized carbons (Fsp3) is 0.138. The molecule has 0 spiro atoms. The van der Waals surface area contributed by atoms with Crippen LogP contribution in [0.15, 0.2) is 76.8 Å². The number of amides is 1. The van der Waals surface area contributed by atoms with Crippen molar-refractivity contribution >= 4 is 51.3 Å². The van der Waals surface area contributed by atoms with E-state index in [0.717, 1.165) is 21.8 Å². The SMILES string of the molecule is Cc1cccn2c(C)c(/C(O)=C3\C(=O)C(=O)N(c4nnc(SCc5ccccc5F)s4)C3c3ccc(F)cc3)nc12. The number of thioether (sulfide) groups is 1. The molecule has 1 aliphatic heterocycles. The van der Waals surface area contributed by atoms with Crippen LogP contribution >= 0.6 is 23.1 Å². The Labute approximate surface area is 241 Å². The van der Waals surface area contributed by atoms with Gasteiger partial charge in [-0.1, -0.05) is 59.5 Å². The van der Waals surface area contributed by atoms with E-state index in [0.29, 0.717) is 26.8 Å². The van der Waals surface area contributed by atoms with Gasteiger partial charge in [-0.2, -0.15) is 0 Å². The molecule has 1 N–H and O–H groups in total. The molecule has 6 rings (SSSR count). The van der Waals surface area contributed by atoms with Gasteiger partial charge in [0.1, 0.15) is 23.0 Å². The predicted molar refractivity (Wildman–Crippen MR) is 152 cm³/mol. The number of hydrogen-bond acceptors (Lipinski definition) is 8. The van der Waals surface area contributed by atoms with Crippen molar-refractivity contribution in [3.63, 3.8) is 0 Å². The number of imidazole rings is 1. The highest BCUT2D eigenvalue weighted by molar-refractivity contribution is 8.00. The summed E-state index contributed by atoms with van der Waals surface area (Å²) < 4.78 is 30.2. The number of ketones is 1. The fourth-order valence-electron chi connectivity index (χ4n) is 4.78. The number of pyridine rings is 1. The highest BCUT2D eigenvalue weighted by Gasteiger charge is 2.48. The maximum atomic E-state index is 14.1. The lowest BCUT2D eigenvalue weighted by Gasteiger charge is -2.22. The molecule has 3 aromatic heterocycles.